The summed E-state index contributed by atoms with van der Waals surface area (Å²) in [5, 5.41) is 0. The number of primary amides is 1. The van der Waals surface area contributed by atoms with Crippen molar-refractivity contribution in [3.63, 3.8) is 0 Å². The molecule has 1 saturated heterocycles. The van der Waals surface area contributed by atoms with Crippen LogP contribution >= 0.6 is 0 Å². The highest BCUT2D eigenvalue weighted by Gasteiger charge is 2.28. The Balaban J connectivity index is 1.50. The summed E-state index contributed by atoms with van der Waals surface area (Å²) >= 11 is 0. The lowest BCUT2D eigenvalue weighted by molar-refractivity contribution is 0.0999. The highest BCUT2D eigenvalue weighted by atomic mass is 19.1. The second-order valence-corrected chi connectivity index (χ2v) is 9.30. The number of aromatic nitrogens is 1. The van der Waals surface area contributed by atoms with Gasteiger partial charge in [0.2, 0.25) is 5.91 Å². The van der Waals surface area contributed by atoms with Crippen LogP contribution in [0.25, 0.3) is 22.5 Å². The molecule has 176 valence electrons. The van der Waals surface area contributed by atoms with Crippen LogP contribution in [0.3, 0.4) is 0 Å². The molecule has 34 heavy (non-hydrogen) atoms. The predicted octanol–water partition coefficient (Wildman–Crippen LogP) is 4.10. The van der Waals surface area contributed by atoms with Crippen molar-refractivity contribution in [2.24, 2.45) is 5.73 Å². The van der Waals surface area contributed by atoms with E-state index in [9.17, 15) is 9.18 Å². The molecule has 2 N–H and O–H groups in total. The molecule has 2 aromatic carbocycles. The van der Waals surface area contributed by atoms with Crippen LogP contribution in [0.4, 0.5) is 10.1 Å². The van der Waals surface area contributed by atoms with Gasteiger partial charge in [-0.1, -0.05) is 6.07 Å². The Morgan fingerprint density at radius 1 is 1.15 bits per heavy atom. The summed E-state index contributed by atoms with van der Waals surface area (Å²) in [6.45, 7) is 2.04. The Bertz CT molecular complexity index is 1270. The van der Waals surface area contributed by atoms with E-state index in [-0.39, 0.29) is 5.75 Å². The topological polar surface area (TPSA) is 71.7 Å². The van der Waals surface area contributed by atoms with Crippen LogP contribution in [0.2, 0.25) is 0 Å². The Hall–Kier alpha value is -3.45. The number of carbonyl (C=O) groups is 1. The van der Waals surface area contributed by atoms with Crippen molar-refractivity contribution in [3.8, 4) is 28.3 Å². The number of anilines is 1. The van der Waals surface area contributed by atoms with Gasteiger partial charge in [-0.05, 0) is 74.5 Å². The van der Waals surface area contributed by atoms with Gasteiger partial charge in [-0.3, -0.25) is 4.79 Å². The maximum absolute atomic E-state index is 14.3. The van der Waals surface area contributed by atoms with Crippen molar-refractivity contribution in [3.05, 3.63) is 65.0 Å². The smallest absolute Gasteiger partial charge is 0.249 e. The number of pyridine rings is 1. The molecule has 1 aliphatic heterocycles. The van der Waals surface area contributed by atoms with E-state index in [1.165, 1.54) is 18.9 Å². The standard InChI is InChI=1S/C27H29FN4O2/c1-31(2)18-8-10-32(11-9-18)19-5-6-20-17(12-19)13-21-22(27(29)33)15-24(30-26(20)21)16-4-7-25(34-3)23(28)14-16/h4-7,12,14-15,18H,8-11,13H2,1-3H3,(H2,29,33). The number of amides is 1. The molecule has 1 aromatic heterocycles. The summed E-state index contributed by atoms with van der Waals surface area (Å²) in [5.41, 5.74) is 12.2. The first-order valence-corrected chi connectivity index (χ1v) is 11.6. The number of nitrogens with zero attached hydrogens (tertiary/aromatic N) is 3. The van der Waals surface area contributed by atoms with Crippen LogP contribution in [-0.2, 0) is 6.42 Å². The largest absolute Gasteiger partial charge is 0.494 e. The zero-order valence-electron chi connectivity index (χ0n) is 19.8. The zero-order valence-corrected chi connectivity index (χ0v) is 19.8. The highest BCUT2D eigenvalue weighted by Crippen LogP contribution is 2.41. The minimum absolute atomic E-state index is 0.160. The van der Waals surface area contributed by atoms with E-state index in [0.717, 1.165) is 48.3 Å². The van der Waals surface area contributed by atoms with Gasteiger partial charge in [0.05, 0.1) is 18.5 Å². The average Bonchev–Trinajstić information content (AvgIpc) is 3.21. The number of hydrogen-bond donors (Lipinski definition) is 1. The molecule has 2 heterocycles. The lowest BCUT2D eigenvalue weighted by atomic mass is 10.0. The van der Waals surface area contributed by atoms with Crippen LogP contribution in [0.15, 0.2) is 42.5 Å². The molecule has 1 aliphatic carbocycles. The molecule has 0 radical (unpaired) electrons. The first-order valence-electron chi connectivity index (χ1n) is 11.6. The summed E-state index contributed by atoms with van der Waals surface area (Å²) in [7, 11) is 5.71. The van der Waals surface area contributed by atoms with Gasteiger partial charge in [-0.25, -0.2) is 9.37 Å². The molecule has 1 amide bonds. The molecule has 2 aliphatic rings. The molecule has 1 fully saturated rings. The van der Waals surface area contributed by atoms with Crippen molar-refractivity contribution >= 4 is 11.6 Å². The maximum Gasteiger partial charge on any atom is 0.249 e. The van der Waals surface area contributed by atoms with Gasteiger partial charge in [-0.15, -0.1) is 0 Å². The minimum atomic E-state index is -0.507. The number of rotatable bonds is 5. The van der Waals surface area contributed by atoms with E-state index in [4.69, 9.17) is 15.5 Å². The molecular formula is C27H29FN4O2. The lowest BCUT2D eigenvalue weighted by Crippen LogP contribution is -2.42. The van der Waals surface area contributed by atoms with Crippen LogP contribution in [0.1, 0.15) is 34.3 Å². The van der Waals surface area contributed by atoms with Gasteiger partial charge in [0, 0.05) is 47.9 Å². The van der Waals surface area contributed by atoms with Gasteiger partial charge >= 0.3 is 0 Å². The first kappa shape index (κ1) is 22.3. The van der Waals surface area contributed by atoms with Gasteiger partial charge in [0.1, 0.15) is 0 Å². The molecule has 0 atom stereocenters. The highest BCUT2D eigenvalue weighted by molar-refractivity contribution is 5.98. The zero-order chi connectivity index (χ0) is 24.0. The Morgan fingerprint density at radius 2 is 1.91 bits per heavy atom. The third kappa shape index (κ3) is 3.90. The number of fused-ring (bicyclic) bond motifs is 3. The number of carbonyl (C=O) groups excluding carboxylic acids is 1. The van der Waals surface area contributed by atoms with Gasteiger partial charge < -0.3 is 20.3 Å². The third-order valence-electron chi connectivity index (χ3n) is 7.11. The number of nitrogens with two attached hydrogens (primary N) is 1. The third-order valence-corrected chi connectivity index (χ3v) is 7.11. The Morgan fingerprint density at radius 3 is 2.56 bits per heavy atom. The number of ether oxygens (including phenoxy) is 1. The van der Waals surface area contributed by atoms with Crippen molar-refractivity contribution in [2.45, 2.75) is 25.3 Å². The van der Waals surface area contributed by atoms with E-state index >= 15 is 0 Å². The summed E-state index contributed by atoms with van der Waals surface area (Å²) in [4.78, 5) is 21.9. The molecule has 7 heteroatoms. The molecule has 6 nitrogen and oxygen atoms in total. The van der Waals surface area contributed by atoms with Crippen LogP contribution in [0, 0.1) is 5.82 Å². The van der Waals surface area contributed by atoms with Gasteiger partial charge in [0.15, 0.2) is 11.6 Å². The normalized spacial score (nSPS) is 15.4. The van der Waals surface area contributed by atoms with Crippen molar-refractivity contribution in [1.29, 1.82) is 0 Å². The predicted molar refractivity (Wildman–Crippen MR) is 132 cm³/mol. The van der Waals surface area contributed by atoms with E-state index in [0.29, 0.717) is 29.3 Å². The molecule has 3 aromatic rings. The monoisotopic (exact) mass is 460 g/mol. The van der Waals surface area contributed by atoms with E-state index in [2.05, 4.69) is 42.1 Å². The summed E-state index contributed by atoms with van der Waals surface area (Å²) in [6, 6.07) is 13.4. The number of piperidine rings is 1. The quantitative estimate of drug-likeness (QED) is 0.486. The van der Waals surface area contributed by atoms with Crippen LogP contribution < -0.4 is 15.4 Å². The Labute approximate surface area is 199 Å². The summed E-state index contributed by atoms with van der Waals surface area (Å²) in [5.74, 6) is -0.828. The fraction of sp³-hybridized carbons (Fsp3) is 0.333. The second kappa shape index (κ2) is 8.72. The number of methoxy groups -OCH3 is 1. The molecular weight excluding hydrogens is 431 g/mol. The number of hydrogen-bond acceptors (Lipinski definition) is 5. The fourth-order valence-corrected chi connectivity index (χ4v) is 5.15. The molecule has 0 bridgehead atoms. The number of halogens is 1. The first-order chi connectivity index (χ1) is 16.4. The molecule has 0 saturated carbocycles. The fourth-order valence-electron chi connectivity index (χ4n) is 5.15. The second-order valence-electron chi connectivity index (χ2n) is 9.30. The van der Waals surface area contributed by atoms with E-state index in [1.807, 2.05) is 0 Å². The Kier molecular flexibility index (Phi) is 5.73. The van der Waals surface area contributed by atoms with Crippen molar-refractivity contribution < 1.29 is 13.9 Å². The van der Waals surface area contributed by atoms with Gasteiger partial charge in [-0.2, -0.15) is 0 Å². The van der Waals surface area contributed by atoms with Crippen LogP contribution in [0.5, 0.6) is 5.75 Å². The number of benzene rings is 2. The van der Waals surface area contributed by atoms with Crippen molar-refractivity contribution in [2.75, 3.05) is 39.2 Å². The maximum atomic E-state index is 14.3. The molecule has 5 rings (SSSR count). The average molecular weight is 461 g/mol. The van der Waals surface area contributed by atoms with E-state index < -0.39 is 11.7 Å². The van der Waals surface area contributed by atoms with Crippen molar-refractivity contribution in [1.82, 2.24) is 9.88 Å². The molecule has 0 spiro atoms. The minimum Gasteiger partial charge on any atom is -0.494 e. The molecule has 0 unspecified atom stereocenters. The van der Waals surface area contributed by atoms with E-state index in [1.54, 1.807) is 18.2 Å². The lowest BCUT2D eigenvalue weighted by Gasteiger charge is -2.36. The summed E-state index contributed by atoms with van der Waals surface area (Å²) in [6.07, 6.45) is 2.88. The SMILES string of the molecule is COc1ccc(-c2cc(C(N)=O)c3c(n2)-c2ccc(N4CCC(N(C)C)CC4)cc2C3)cc1F. The summed E-state index contributed by atoms with van der Waals surface area (Å²) < 4.78 is 19.4. The van der Waals surface area contributed by atoms with Gasteiger partial charge in [0.25, 0.3) is 0 Å². The van der Waals surface area contributed by atoms with Crippen LogP contribution in [-0.4, -0.2) is 56.1 Å².